The van der Waals surface area contributed by atoms with Crippen molar-refractivity contribution in [2.24, 2.45) is 5.84 Å². The van der Waals surface area contributed by atoms with Crippen molar-refractivity contribution in [1.82, 2.24) is 15.6 Å². The summed E-state index contributed by atoms with van der Waals surface area (Å²) in [6.45, 7) is 5.77. The van der Waals surface area contributed by atoms with E-state index in [0.29, 0.717) is 23.4 Å². The number of rotatable bonds is 5. The molecule has 0 saturated heterocycles. The Bertz CT molecular complexity index is 619. The van der Waals surface area contributed by atoms with E-state index in [2.05, 4.69) is 15.6 Å². The van der Waals surface area contributed by atoms with E-state index in [-0.39, 0.29) is 12.0 Å². The smallest absolute Gasteiger partial charge is 0.269 e. The standard InChI is InChI=1S/C15H20N4O2/c1-4-12(21-11-7-5-9(2)6-8-11)14-13(15(20)17-16)10(3)18-19-14/h5-8,12H,4,16H2,1-3H3,(H,17,20)(H,18,19). The zero-order valence-corrected chi connectivity index (χ0v) is 12.4. The van der Waals surface area contributed by atoms with Gasteiger partial charge in [-0.2, -0.15) is 5.10 Å². The number of H-pyrrole nitrogens is 1. The molecule has 0 aliphatic rings. The van der Waals surface area contributed by atoms with Crippen LogP contribution in [0.3, 0.4) is 0 Å². The first-order valence-corrected chi connectivity index (χ1v) is 6.86. The molecule has 0 radical (unpaired) electrons. The molecule has 4 N–H and O–H groups in total. The molecule has 1 aromatic heterocycles. The van der Waals surface area contributed by atoms with Gasteiger partial charge in [0.05, 0.1) is 5.56 Å². The minimum Gasteiger partial charge on any atom is -0.484 e. The van der Waals surface area contributed by atoms with Gasteiger partial charge in [-0.25, -0.2) is 5.84 Å². The molecule has 1 amide bonds. The highest BCUT2D eigenvalue weighted by atomic mass is 16.5. The van der Waals surface area contributed by atoms with Crippen molar-refractivity contribution >= 4 is 5.91 Å². The average Bonchev–Trinajstić information content (AvgIpc) is 2.87. The third kappa shape index (κ3) is 3.22. The third-order valence-electron chi connectivity index (χ3n) is 3.31. The predicted octanol–water partition coefficient (Wildman–Crippen LogP) is 2.16. The van der Waals surface area contributed by atoms with Gasteiger partial charge in [-0.3, -0.25) is 15.3 Å². The number of amides is 1. The van der Waals surface area contributed by atoms with Gasteiger partial charge in [-0.05, 0) is 32.4 Å². The lowest BCUT2D eigenvalue weighted by molar-refractivity contribution is 0.0947. The molecule has 1 atom stereocenters. The van der Waals surface area contributed by atoms with Gasteiger partial charge in [0.2, 0.25) is 0 Å². The van der Waals surface area contributed by atoms with Crippen LogP contribution >= 0.6 is 0 Å². The first-order valence-electron chi connectivity index (χ1n) is 6.86. The summed E-state index contributed by atoms with van der Waals surface area (Å²) in [4.78, 5) is 11.9. The van der Waals surface area contributed by atoms with Gasteiger partial charge in [-0.15, -0.1) is 0 Å². The predicted molar refractivity (Wildman–Crippen MR) is 79.8 cm³/mol. The summed E-state index contributed by atoms with van der Waals surface area (Å²) < 4.78 is 5.95. The van der Waals surface area contributed by atoms with Crippen LogP contribution in [0.15, 0.2) is 24.3 Å². The minimum absolute atomic E-state index is 0.315. The van der Waals surface area contributed by atoms with Crippen LogP contribution in [0, 0.1) is 13.8 Å². The van der Waals surface area contributed by atoms with Crippen LogP contribution in [0.1, 0.15) is 46.8 Å². The molecule has 0 aliphatic heterocycles. The van der Waals surface area contributed by atoms with Crippen LogP contribution in [0.4, 0.5) is 0 Å². The van der Waals surface area contributed by atoms with E-state index >= 15 is 0 Å². The van der Waals surface area contributed by atoms with Crippen LogP contribution in [-0.4, -0.2) is 16.1 Å². The molecule has 2 aromatic rings. The van der Waals surface area contributed by atoms with E-state index in [1.54, 1.807) is 6.92 Å². The summed E-state index contributed by atoms with van der Waals surface area (Å²) in [6, 6.07) is 7.76. The van der Waals surface area contributed by atoms with E-state index in [0.717, 1.165) is 11.3 Å². The number of nitrogens with one attached hydrogen (secondary N) is 2. The average molecular weight is 288 g/mol. The first-order chi connectivity index (χ1) is 10.1. The molecule has 21 heavy (non-hydrogen) atoms. The second-order valence-corrected chi connectivity index (χ2v) is 4.91. The van der Waals surface area contributed by atoms with Gasteiger partial charge in [0.1, 0.15) is 17.5 Å². The SMILES string of the molecule is CCC(Oc1ccc(C)cc1)c1n[nH]c(C)c1C(=O)NN. The number of nitrogens with two attached hydrogens (primary N) is 1. The number of carbonyl (C=O) groups excluding carboxylic acids is 1. The van der Waals surface area contributed by atoms with Gasteiger partial charge in [0.15, 0.2) is 0 Å². The number of benzene rings is 1. The Morgan fingerprint density at radius 1 is 1.38 bits per heavy atom. The van der Waals surface area contributed by atoms with Gasteiger partial charge >= 0.3 is 0 Å². The molecule has 0 aliphatic carbocycles. The second-order valence-electron chi connectivity index (χ2n) is 4.91. The zero-order valence-electron chi connectivity index (χ0n) is 12.4. The molecule has 112 valence electrons. The maximum absolute atomic E-state index is 11.9. The number of ether oxygens (including phenoxy) is 1. The van der Waals surface area contributed by atoms with Gasteiger partial charge in [-0.1, -0.05) is 24.6 Å². The highest BCUT2D eigenvalue weighted by molar-refractivity contribution is 5.96. The zero-order chi connectivity index (χ0) is 15.4. The lowest BCUT2D eigenvalue weighted by Crippen LogP contribution is -2.31. The summed E-state index contributed by atoms with van der Waals surface area (Å²) in [5.41, 5.74) is 4.98. The van der Waals surface area contributed by atoms with Crippen molar-refractivity contribution in [2.75, 3.05) is 0 Å². The fourth-order valence-electron chi connectivity index (χ4n) is 2.15. The molecule has 2 rings (SSSR count). The number of carbonyl (C=O) groups is 1. The largest absolute Gasteiger partial charge is 0.484 e. The summed E-state index contributed by atoms with van der Waals surface area (Å²) in [5.74, 6) is 5.60. The number of nitrogen functional groups attached to an aromatic ring is 1. The maximum atomic E-state index is 11.9. The molecule has 0 bridgehead atoms. The Labute approximate surface area is 123 Å². The Morgan fingerprint density at radius 3 is 2.62 bits per heavy atom. The fraction of sp³-hybridized carbons (Fsp3) is 0.333. The van der Waals surface area contributed by atoms with E-state index in [4.69, 9.17) is 10.6 Å². The molecule has 1 heterocycles. The van der Waals surface area contributed by atoms with Crippen LogP contribution in [0.5, 0.6) is 5.75 Å². The van der Waals surface area contributed by atoms with E-state index in [9.17, 15) is 4.79 Å². The van der Waals surface area contributed by atoms with Crippen molar-refractivity contribution in [2.45, 2.75) is 33.3 Å². The minimum atomic E-state index is -0.373. The molecule has 1 unspecified atom stereocenters. The van der Waals surface area contributed by atoms with Gasteiger partial charge in [0.25, 0.3) is 5.91 Å². The molecule has 0 fully saturated rings. The normalized spacial score (nSPS) is 12.0. The summed E-state index contributed by atoms with van der Waals surface area (Å²) in [7, 11) is 0. The Balaban J connectivity index is 2.29. The number of hydrogen-bond donors (Lipinski definition) is 3. The maximum Gasteiger partial charge on any atom is 0.269 e. The van der Waals surface area contributed by atoms with E-state index in [1.165, 1.54) is 0 Å². The van der Waals surface area contributed by atoms with Crippen LogP contribution in [0.2, 0.25) is 0 Å². The number of hydrazine groups is 1. The van der Waals surface area contributed by atoms with Crippen LogP contribution in [0.25, 0.3) is 0 Å². The number of hydrogen-bond acceptors (Lipinski definition) is 4. The van der Waals surface area contributed by atoms with Gasteiger partial charge < -0.3 is 4.74 Å². The Kier molecular flexibility index (Phi) is 4.59. The summed E-state index contributed by atoms with van der Waals surface area (Å²) in [5, 5.41) is 7.02. The lowest BCUT2D eigenvalue weighted by Gasteiger charge is -2.17. The topological polar surface area (TPSA) is 93.0 Å². The molecule has 0 saturated carbocycles. The summed E-state index contributed by atoms with van der Waals surface area (Å²) >= 11 is 0. The van der Waals surface area contributed by atoms with E-state index < -0.39 is 0 Å². The van der Waals surface area contributed by atoms with E-state index in [1.807, 2.05) is 38.1 Å². The quantitative estimate of drug-likeness (QED) is 0.446. The monoisotopic (exact) mass is 288 g/mol. The van der Waals surface area contributed by atoms with Crippen molar-refractivity contribution in [3.05, 3.63) is 46.8 Å². The Morgan fingerprint density at radius 2 is 2.05 bits per heavy atom. The van der Waals surface area contributed by atoms with Crippen molar-refractivity contribution in [3.63, 3.8) is 0 Å². The number of aromatic amines is 1. The summed E-state index contributed by atoms with van der Waals surface area (Å²) in [6.07, 6.45) is 0.369. The molecular formula is C15H20N4O2. The second kappa shape index (κ2) is 6.41. The highest BCUT2D eigenvalue weighted by Crippen LogP contribution is 2.27. The van der Waals surface area contributed by atoms with Crippen molar-refractivity contribution < 1.29 is 9.53 Å². The molecule has 0 spiro atoms. The van der Waals surface area contributed by atoms with Gasteiger partial charge in [0, 0.05) is 5.69 Å². The van der Waals surface area contributed by atoms with Crippen molar-refractivity contribution in [1.29, 1.82) is 0 Å². The third-order valence-corrected chi connectivity index (χ3v) is 3.31. The molecular weight excluding hydrogens is 268 g/mol. The number of nitrogens with zero attached hydrogens (tertiary/aromatic N) is 1. The molecule has 1 aromatic carbocycles. The number of aromatic nitrogens is 2. The first kappa shape index (κ1) is 15.1. The molecule has 6 nitrogen and oxygen atoms in total. The fourth-order valence-corrected chi connectivity index (χ4v) is 2.15. The van der Waals surface area contributed by atoms with Crippen LogP contribution < -0.4 is 16.0 Å². The number of aryl methyl sites for hydroxylation is 2. The lowest BCUT2D eigenvalue weighted by atomic mass is 10.1. The van der Waals surface area contributed by atoms with Crippen LogP contribution in [-0.2, 0) is 0 Å². The molecule has 6 heteroatoms. The van der Waals surface area contributed by atoms with Crippen molar-refractivity contribution in [3.8, 4) is 5.75 Å². The Hall–Kier alpha value is -2.34. The highest BCUT2D eigenvalue weighted by Gasteiger charge is 2.24.